The van der Waals surface area contributed by atoms with Crippen molar-refractivity contribution in [2.45, 2.75) is 19.4 Å². The minimum absolute atomic E-state index is 0.0550. The summed E-state index contributed by atoms with van der Waals surface area (Å²) in [7, 11) is -0.927. The van der Waals surface area contributed by atoms with Gasteiger partial charge in [0.15, 0.2) is 9.84 Å². The lowest BCUT2D eigenvalue weighted by atomic mass is 10.1. The van der Waals surface area contributed by atoms with Crippen molar-refractivity contribution in [1.82, 2.24) is 0 Å². The fourth-order valence-electron chi connectivity index (χ4n) is 2.48. The second kappa shape index (κ2) is 5.09. The molecule has 104 valence electrons. The molecule has 1 saturated heterocycles. The molecule has 1 aliphatic rings. The van der Waals surface area contributed by atoms with Gasteiger partial charge in [-0.1, -0.05) is 12.2 Å². The predicted octanol–water partition coefficient (Wildman–Crippen LogP) is 1.25. The van der Waals surface area contributed by atoms with Gasteiger partial charge in [-0.15, -0.1) is 0 Å². The Balaban J connectivity index is 2.25. The number of aryl methyl sites for hydroxylation is 1. The van der Waals surface area contributed by atoms with E-state index in [1.54, 1.807) is 0 Å². The van der Waals surface area contributed by atoms with Crippen LogP contribution in [-0.2, 0) is 9.84 Å². The van der Waals surface area contributed by atoms with Crippen molar-refractivity contribution in [1.29, 1.82) is 0 Å². The number of anilines is 1. The van der Waals surface area contributed by atoms with Crippen LogP contribution in [-0.4, -0.2) is 38.0 Å². The number of nitrogens with two attached hydrogens (primary N) is 1. The topological polar surface area (TPSA) is 63.4 Å². The van der Waals surface area contributed by atoms with Gasteiger partial charge in [0.1, 0.15) is 4.99 Å². The van der Waals surface area contributed by atoms with E-state index in [0.29, 0.717) is 11.4 Å². The summed E-state index contributed by atoms with van der Waals surface area (Å²) in [6, 6.07) is 5.83. The molecule has 1 aromatic rings. The first-order valence-corrected chi connectivity index (χ1v) is 8.37. The van der Waals surface area contributed by atoms with Crippen LogP contribution >= 0.6 is 12.2 Å². The molecule has 0 spiro atoms. The molecule has 2 rings (SSSR count). The molecule has 4 nitrogen and oxygen atoms in total. The molecule has 1 atom stereocenters. The molecule has 19 heavy (non-hydrogen) atoms. The third-order valence-electron chi connectivity index (χ3n) is 3.62. The fraction of sp³-hybridized carbons (Fsp3) is 0.462. The molecule has 1 unspecified atom stereocenters. The van der Waals surface area contributed by atoms with Crippen LogP contribution in [0, 0.1) is 6.92 Å². The zero-order valence-corrected chi connectivity index (χ0v) is 12.7. The van der Waals surface area contributed by atoms with Gasteiger partial charge in [0.25, 0.3) is 0 Å². The van der Waals surface area contributed by atoms with E-state index < -0.39 is 9.84 Å². The highest BCUT2D eigenvalue weighted by atomic mass is 32.2. The summed E-state index contributed by atoms with van der Waals surface area (Å²) in [4.78, 5) is 2.42. The van der Waals surface area contributed by atoms with Crippen LogP contribution < -0.4 is 10.6 Å². The highest BCUT2D eigenvalue weighted by Crippen LogP contribution is 2.26. The van der Waals surface area contributed by atoms with Gasteiger partial charge in [-0.05, 0) is 37.1 Å². The van der Waals surface area contributed by atoms with Crippen LogP contribution in [0.5, 0.6) is 0 Å². The molecule has 0 aromatic heterocycles. The van der Waals surface area contributed by atoms with Crippen LogP contribution in [0.4, 0.5) is 5.69 Å². The zero-order valence-electron chi connectivity index (χ0n) is 11.1. The molecule has 0 amide bonds. The smallest absolute Gasteiger partial charge is 0.152 e. The Morgan fingerprint density at radius 3 is 2.63 bits per heavy atom. The second-order valence-electron chi connectivity index (χ2n) is 5.03. The third-order valence-corrected chi connectivity index (χ3v) is 5.60. The van der Waals surface area contributed by atoms with Crippen molar-refractivity contribution >= 4 is 32.7 Å². The van der Waals surface area contributed by atoms with Crippen LogP contribution in [0.1, 0.15) is 17.5 Å². The predicted molar refractivity (Wildman–Crippen MR) is 82.5 cm³/mol. The summed E-state index contributed by atoms with van der Waals surface area (Å²) >= 11 is 4.95. The molecular formula is C13H18N2O2S2. The maximum absolute atomic E-state index is 11.5. The van der Waals surface area contributed by atoms with Crippen molar-refractivity contribution in [2.24, 2.45) is 5.73 Å². The number of hydrogen-bond donors (Lipinski definition) is 1. The normalized spacial score (nSPS) is 21.3. The van der Waals surface area contributed by atoms with Gasteiger partial charge in [0, 0.05) is 24.3 Å². The zero-order chi connectivity index (χ0) is 14.2. The van der Waals surface area contributed by atoms with E-state index in [1.165, 1.54) is 0 Å². The molecular weight excluding hydrogens is 280 g/mol. The van der Waals surface area contributed by atoms with Crippen molar-refractivity contribution in [2.75, 3.05) is 23.5 Å². The van der Waals surface area contributed by atoms with E-state index in [-0.39, 0.29) is 17.5 Å². The Bertz CT molecular complexity index is 611. The van der Waals surface area contributed by atoms with Crippen LogP contribution in [0.3, 0.4) is 0 Å². The van der Waals surface area contributed by atoms with Crippen LogP contribution in [0.15, 0.2) is 18.2 Å². The van der Waals surface area contributed by atoms with Gasteiger partial charge < -0.3 is 10.6 Å². The first kappa shape index (κ1) is 14.3. The average molecular weight is 298 g/mol. The summed E-state index contributed by atoms with van der Waals surface area (Å²) in [6.07, 6.45) is 0.690. The molecule has 6 heteroatoms. The molecule has 1 aliphatic heterocycles. The second-order valence-corrected chi connectivity index (χ2v) is 7.70. The number of nitrogens with zero attached hydrogens (tertiary/aromatic N) is 1. The Morgan fingerprint density at radius 2 is 2.16 bits per heavy atom. The Labute approximate surface area is 119 Å². The van der Waals surface area contributed by atoms with Gasteiger partial charge in [-0.25, -0.2) is 8.42 Å². The fourth-order valence-corrected chi connectivity index (χ4v) is 4.38. The molecule has 0 bridgehead atoms. The van der Waals surface area contributed by atoms with Crippen molar-refractivity contribution in [3.8, 4) is 0 Å². The van der Waals surface area contributed by atoms with Crippen molar-refractivity contribution in [3.63, 3.8) is 0 Å². The van der Waals surface area contributed by atoms with Gasteiger partial charge in [-0.3, -0.25) is 0 Å². The maximum atomic E-state index is 11.5. The molecule has 0 aliphatic carbocycles. The summed E-state index contributed by atoms with van der Waals surface area (Å²) < 4.78 is 23.1. The summed E-state index contributed by atoms with van der Waals surface area (Å²) in [5.41, 5.74) is 8.52. The summed E-state index contributed by atoms with van der Waals surface area (Å²) in [5.74, 6) is 0.520. The number of hydrogen-bond acceptors (Lipinski definition) is 4. The lowest BCUT2D eigenvalue weighted by Crippen LogP contribution is -2.33. The lowest BCUT2D eigenvalue weighted by molar-refractivity contribution is 0.601. The standard InChI is InChI=1S/C13H18N2O2S2/c1-9-7-10(13(14)18)3-4-12(9)15(2)11-5-6-19(16,17)8-11/h3-4,7,11H,5-6,8H2,1-2H3,(H2,14,18). The van der Waals surface area contributed by atoms with E-state index >= 15 is 0 Å². The van der Waals surface area contributed by atoms with E-state index in [2.05, 4.69) is 0 Å². The Kier molecular flexibility index (Phi) is 3.82. The largest absolute Gasteiger partial charge is 0.389 e. The number of benzene rings is 1. The maximum Gasteiger partial charge on any atom is 0.152 e. The van der Waals surface area contributed by atoms with E-state index in [0.717, 1.165) is 16.8 Å². The number of sulfone groups is 1. The Morgan fingerprint density at radius 1 is 1.47 bits per heavy atom. The first-order valence-electron chi connectivity index (χ1n) is 6.14. The molecule has 1 heterocycles. The minimum Gasteiger partial charge on any atom is -0.389 e. The first-order chi connectivity index (χ1) is 8.80. The average Bonchev–Trinajstić information content (AvgIpc) is 2.68. The van der Waals surface area contributed by atoms with E-state index in [4.69, 9.17) is 18.0 Å². The molecule has 0 saturated carbocycles. The van der Waals surface area contributed by atoms with Crippen LogP contribution in [0.25, 0.3) is 0 Å². The molecule has 1 fully saturated rings. The minimum atomic E-state index is -2.87. The van der Waals surface area contributed by atoms with Crippen molar-refractivity contribution in [3.05, 3.63) is 29.3 Å². The monoisotopic (exact) mass is 298 g/mol. The van der Waals surface area contributed by atoms with Crippen LogP contribution in [0.2, 0.25) is 0 Å². The quantitative estimate of drug-likeness (QED) is 0.851. The number of rotatable bonds is 3. The van der Waals surface area contributed by atoms with Gasteiger partial charge >= 0.3 is 0 Å². The summed E-state index contributed by atoms with van der Waals surface area (Å²) in [5, 5.41) is 0. The molecule has 1 aromatic carbocycles. The number of thiocarbonyl (C=S) groups is 1. The molecule has 0 radical (unpaired) electrons. The third kappa shape index (κ3) is 3.06. The Hall–Kier alpha value is -1.14. The van der Waals surface area contributed by atoms with Gasteiger partial charge in [0.2, 0.25) is 0 Å². The SMILES string of the molecule is Cc1cc(C(N)=S)ccc1N(C)C1CCS(=O)(=O)C1. The highest BCUT2D eigenvalue weighted by Gasteiger charge is 2.31. The van der Waals surface area contributed by atoms with Crippen molar-refractivity contribution < 1.29 is 8.42 Å². The summed E-state index contributed by atoms with van der Waals surface area (Å²) in [6.45, 7) is 1.98. The highest BCUT2D eigenvalue weighted by molar-refractivity contribution is 7.91. The van der Waals surface area contributed by atoms with Gasteiger partial charge in [0.05, 0.1) is 11.5 Å². The van der Waals surface area contributed by atoms with E-state index in [9.17, 15) is 8.42 Å². The molecule has 2 N–H and O–H groups in total. The lowest BCUT2D eigenvalue weighted by Gasteiger charge is -2.27. The van der Waals surface area contributed by atoms with E-state index in [1.807, 2.05) is 37.1 Å². The van der Waals surface area contributed by atoms with Gasteiger partial charge in [-0.2, -0.15) is 0 Å².